The van der Waals surface area contributed by atoms with Gasteiger partial charge in [0.2, 0.25) is 5.91 Å². The highest BCUT2D eigenvalue weighted by atomic mass is 16.5. The Kier molecular flexibility index (Phi) is 5.21. The molecule has 0 atom stereocenters. The van der Waals surface area contributed by atoms with E-state index in [0.717, 1.165) is 57.8 Å². The van der Waals surface area contributed by atoms with Crippen molar-refractivity contribution in [1.29, 1.82) is 0 Å². The lowest BCUT2D eigenvalue weighted by molar-refractivity contribution is -0.123. The van der Waals surface area contributed by atoms with Crippen molar-refractivity contribution >= 4 is 11.7 Å². The van der Waals surface area contributed by atoms with Crippen LogP contribution >= 0.6 is 0 Å². The Bertz CT molecular complexity index is 468. The van der Waals surface area contributed by atoms with Crippen LogP contribution in [0.5, 0.6) is 0 Å². The van der Waals surface area contributed by atoms with Gasteiger partial charge in [-0.05, 0) is 31.6 Å². The molecule has 0 bridgehead atoms. The summed E-state index contributed by atoms with van der Waals surface area (Å²) in [7, 11) is 0. The van der Waals surface area contributed by atoms with Crippen LogP contribution in [0.25, 0.3) is 0 Å². The smallest absolute Gasteiger partial charge is 0.220 e. The Morgan fingerprint density at radius 1 is 1.23 bits per heavy atom. The lowest BCUT2D eigenvalue weighted by Crippen LogP contribution is -2.41. The van der Waals surface area contributed by atoms with E-state index in [1.807, 2.05) is 0 Å². The summed E-state index contributed by atoms with van der Waals surface area (Å²) in [6.07, 6.45) is 9.83. The molecule has 0 unspecified atom stereocenters. The number of carbonyl (C=O) groups excluding carboxylic acids is 1. The van der Waals surface area contributed by atoms with E-state index in [4.69, 9.17) is 4.74 Å². The molecule has 2 aliphatic heterocycles. The summed E-state index contributed by atoms with van der Waals surface area (Å²) >= 11 is 0. The maximum absolute atomic E-state index is 12.1. The quantitative estimate of drug-likeness (QED) is 0.910. The minimum Gasteiger partial charge on any atom is -0.381 e. The van der Waals surface area contributed by atoms with Crippen molar-refractivity contribution in [2.75, 3.05) is 31.2 Å². The number of carbonyl (C=O) groups is 1. The molecule has 0 aromatic carbocycles. The third-order valence-electron chi connectivity index (χ3n) is 4.55. The van der Waals surface area contributed by atoms with Gasteiger partial charge in [0.05, 0.1) is 6.20 Å². The normalized spacial score (nSPS) is 20.8. The molecule has 1 amide bonds. The molecule has 6 nitrogen and oxygen atoms in total. The first-order valence-corrected chi connectivity index (χ1v) is 8.19. The van der Waals surface area contributed by atoms with Gasteiger partial charge < -0.3 is 15.0 Å². The number of nitrogens with one attached hydrogen (secondary N) is 1. The Balaban J connectivity index is 1.41. The highest BCUT2D eigenvalue weighted by Gasteiger charge is 2.23. The minimum atomic E-state index is 0.199. The van der Waals surface area contributed by atoms with Crippen LogP contribution in [0, 0.1) is 5.92 Å². The van der Waals surface area contributed by atoms with Crippen LogP contribution in [0.3, 0.4) is 0 Å². The molecule has 0 radical (unpaired) electrons. The Hall–Kier alpha value is -1.69. The predicted octanol–water partition coefficient (Wildman–Crippen LogP) is 1.38. The van der Waals surface area contributed by atoms with Gasteiger partial charge in [-0.3, -0.25) is 9.78 Å². The molecule has 0 saturated carbocycles. The van der Waals surface area contributed by atoms with E-state index in [1.165, 1.54) is 0 Å². The monoisotopic (exact) mass is 304 g/mol. The lowest BCUT2D eigenvalue weighted by Gasteiger charge is -2.32. The zero-order valence-corrected chi connectivity index (χ0v) is 12.9. The second-order valence-corrected chi connectivity index (χ2v) is 6.15. The zero-order chi connectivity index (χ0) is 15.2. The summed E-state index contributed by atoms with van der Waals surface area (Å²) in [5, 5.41) is 3.15. The topological polar surface area (TPSA) is 67.4 Å². The van der Waals surface area contributed by atoms with E-state index < -0.39 is 0 Å². The fraction of sp³-hybridized carbons (Fsp3) is 0.688. The second-order valence-electron chi connectivity index (χ2n) is 6.15. The van der Waals surface area contributed by atoms with Crippen LogP contribution in [0.1, 0.15) is 32.1 Å². The molecule has 3 heterocycles. The van der Waals surface area contributed by atoms with Crippen molar-refractivity contribution in [1.82, 2.24) is 15.3 Å². The summed E-state index contributed by atoms with van der Waals surface area (Å²) in [6.45, 7) is 3.44. The largest absolute Gasteiger partial charge is 0.381 e. The molecule has 0 aliphatic carbocycles. The highest BCUT2D eigenvalue weighted by Crippen LogP contribution is 2.23. The predicted molar refractivity (Wildman–Crippen MR) is 83.6 cm³/mol. The van der Waals surface area contributed by atoms with Crippen molar-refractivity contribution in [3.8, 4) is 0 Å². The van der Waals surface area contributed by atoms with Crippen molar-refractivity contribution in [3.63, 3.8) is 0 Å². The van der Waals surface area contributed by atoms with Crippen LogP contribution in [-0.4, -0.2) is 48.2 Å². The van der Waals surface area contributed by atoms with E-state index >= 15 is 0 Å². The van der Waals surface area contributed by atoms with Crippen molar-refractivity contribution in [2.24, 2.45) is 5.92 Å². The van der Waals surface area contributed by atoms with Gasteiger partial charge in [0.1, 0.15) is 5.82 Å². The van der Waals surface area contributed by atoms with Crippen molar-refractivity contribution in [3.05, 3.63) is 18.6 Å². The number of nitrogens with zero attached hydrogens (tertiary/aromatic N) is 3. The van der Waals surface area contributed by atoms with Gasteiger partial charge in [-0.1, -0.05) is 0 Å². The number of amides is 1. The standard InChI is InChI=1S/C16H24N4O2/c21-16(19-14-3-9-22-10-4-14)11-13-1-7-20(8-2-13)15-12-17-5-6-18-15/h5-6,12-14H,1-4,7-11H2,(H,19,21). The summed E-state index contributed by atoms with van der Waals surface area (Å²) < 4.78 is 5.32. The molecule has 3 rings (SSSR count). The zero-order valence-electron chi connectivity index (χ0n) is 12.9. The first-order chi connectivity index (χ1) is 10.8. The first kappa shape index (κ1) is 15.2. The van der Waals surface area contributed by atoms with Crippen LogP contribution in [-0.2, 0) is 9.53 Å². The van der Waals surface area contributed by atoms with E-state index in [0.29, 0.717) is 18.4 Å². The van der Waals surface area contributed by atoms with E-state index in [2.05, 4.69) is 20.2 Å². The second kappa shape index (κ2) is 7.54. The molecular weight excluding hydrogens is 280 g/mol. The molecule has 2 saturated heterocycles. The Morgan fingerprint density at radius 3 is 2.68 bits per heavy atom. The summed E-state index contributed by atoms with van der Waals surface area (Å²) in [5.41, 5.74) is 0. The summed E-state index contributed by atoms with van der Waals surface area (Å²) in [5.74, 6) is 1.62. The van der Waals surface area contributed by atoms with Gasteiger partial charge in [0.25, 0.3) is 0 Å². The van der Waals surface area contributed by atoms with Crippen LogP contribution in [0.15, 0.2) is 18.6 Å². The third kappa shape index (κ3) is 4.16. The average Bonchev–Trinajstić information content (AvgIpc) is 2.57. The number of hydrogen-bond donors (Lipinski definition) is 1. The average molecular weight is 304 g/mol. The Morgan fingerprint density at radius 2 is 2.00 bits per heavy atom. The number of hydrogen-bond acceptors (Lipinski definition) is 5. The van der Waals surface area contributed by atoms with E-state index in [9.17, 15) is 4.79 Å². The molecular formula is C16H24N4O2. The van der Waals surface area contributed by atoms with Gasteiger partial charge in [-0.25, -0.2) is 4.98 Å². The molecule has 2 fully saturated rings. The van der Waals surface area contributed by atoms with Gasteiger partial charge in [-0.15, -0.1) is 0 Å². The number of ether oxygens (including phenoxy) is 1. The molecule has 1 aromatic rings. The number of anilines is 1. The van der Waals surface area contributed by atoms with Crippen LogP contribution in [0.2, 0.25) is 0 Å². The van der Waals surface area contributed by atoms with Gasteiger partial charge in [0.15, 0.2) is 0 Å². The molecule has 120 valence electrons. The van der Waals surface area contributed by atoms with E-state index in [-0.39, 0.29) is 5.91 Å². The number of rotatable bonds is 4. The lowest BCUT2D eigenvalue weighted by atomic mass is 9.93. The molecule has 1 N–H and O–H groups in total. The Labute approximate surface area is 131 Å². The first-order valence-electron chi connectivity index (χ1n) is 8.19. The molecule has 22 heavy (non-hydrogen) atoms. The maximum atomic E-state index is 12.1. The van der Waals surface area contributed by atoms with Crippen LogP contribution in [0.4, 0.5) is 5.82 Å². The molecule has 1 aromatic heterocycles. The molecule has 2 aliphatic rings. The fourth-order valence-corrected chi connectivity index (χ4v) is 3.21. The number of piperidine rings is 1. The summed E-state index contributed by atoms with van der Waals surface area (Å²) in [6, 6.07) is 0.306. The van der Waals surface area contributed by atoms with Gasteiger partial charge in [0, 0.05) is 51.2 Å². The molecule has 6 heteroatoms. The third-order valence-corrected chi connectivity index (χ3v) is 4.55. The number of aromatic nitrogens is 2. The van der Waals surface area contributed by atoms with Crippen molar-refractivity contribution < 1.29 is 9.53 Å². The fourth-order valence-electron chi connectivity index (χ4n) is 3.21. The van der Waals surface area contributed by atoms with Gasteiger partial charge >= 0.3 is 0 Å². The van der Waals surface area contributed by atoms with Gasteiger partial charge in [-0.2, -0.15) is 0 Å². The van der Waals surface area contributed by atoms with Crippen molar-refractivity contribution in [2.45, 2.75) is 38.1 Å². The maximum Gasteiger partial charge on any atom is 0.220 e. The van der Waals surface area contributed by atoms with Crippen LogP contribution < -0.4 is 10.2 Å². The summed E-state index contributed by atoms with van der Waals surface area (Å²) in [4.78, 5) is 22.8. The minimum absolute atomic E-state index is 0.199. The molecule has 0 spiro atoms. The SMILES string of the molecule is O=C(CC1CCN(c2cnccn2)CC1)NC1CCOCC1. The highest BCUT2D eigenvalue weighted by molar-refractivity contribution is 5.76. The van der Waals surface area contributed by atoms with E-state index in [1.54, 1.807) is 18.6 Å².